The number of likely N-dealkylation sites (tertiary alicyclic amines) is 1. The first kappa shape index (κ1) is 16.6. The Balaban J connectivity index is 1.54. The van der Waals surface area contributed by atoms with E-state index in [4.69, 9.17) is 21.1 Å². The first-order valence-corrected chi connectivity index (χ1v) is 8.67. The van der Waals surface area contributed by atoms with Crippen molar-refractivity contribution >= 4 is 17.5 Å². The van der Waals surface area contributed by atoms with Crippen molar-refractivity contribution in [3.05, 3.63) is 29.3 Å². The molecule has 1 saturated carbocycles. The van der Waals surface area contributed by atoms with Crippen LogP contribution in [-0.4, -0.2) is 42.2 Å². The fourth-order valence-corrected chi connectivity index (χ4v) is 2.95. The molecule has 23 heavy (non-hydrogen) atoms. The zero-order valence-electron chi connectivity index (χ0n) is 13.8. The lowest BCUT2D eigenvalue weighted by atomic mass is 10.1. The van der Waals surface area contributed by atoms with Crippen molar-refractivity contribution in [3.63, 3.8) is 0 Å². The van der Waals surface area contributed by atoms with Gasteiger partial charge in [-0.25, -0.2) is 0 Å². The Morgan fingerprint density at radius 3 is 2.61 bits per heavy atom. The minimum absolute atomic E-state index is 0.00460. The Morgan fingerprint density at radius 2 is 1.96 bits per heavy atom. The molecule has 1 aromatic carbocycles. The number of halogens is 1. The van der Waals surface area contributed by atoms with Gasteiger partial charge in [0.2, 0.25) is 0 Å². The van der Waals surface area contributed by atoms with Gasteiger partial charge in [-0.2, -0.15) is 0 Å². The minimum Gasteiger partial charge on any atom is -0.478 e. The molecule has 1 unspecified atom stereocenters. The predicted molar refractivity (Wildman–Crippen MR) is 89.8 cm³/mol. The van der Waals surface area contributed by atoms with Crippen molar-refractivity contribution in [3.8, 4) is 5.75 Å². The number of nitrogens with zero attached hydrogens (tertiary/aromatic N) is 1. The molecule has 1 atom stereocenters. The summed E-state index contributed by atoms with van der Waals surface area (Å²) in [5.74, 6) is 1.41. The summed E-state index contributed by atoms with van der Waals surface area (Å²) in [5, 5.41) is 0.650. The summed E-state index contributed by atoms with van der Waals surface area (Å²) in [6.45, 7) is 5.86. The van der Waals surface area contributed by atoms with E-state index in [2.05, 4.69) is 0 Å². The van der Waals surface area contributed by atoms with Gasteiger partial charge in [-0.1, -0.05) is 11.6 Å². The molecule has 5 heteroatoms. The molecule has 126 valence electrons. The Hall–Kier alpha value is -1.26. The average Bonchev–Trinajstić information content (AvgIpc) is 3.23. The molecule has 1 aromatic rings. The SMILES string of the molecule is CC(C)(Oc1ccc(Cl)cc1)C(=O)N1CCC(OCC2CC2)C1. The van der Waals surface area contributed by atoms with E-state index in [0.29, 0.717) is 17.3 Å². The van der Waals surface area contributed by atoms with Gasteiger partial charge in [0, 0.05) is 24.7 Å². The average molecular weight is 338 g/mol. The summed E-state index contributed by atoms with van der Waals surface area (Å²) in [7, 11) is 0. The Kier molecular flexibility index (Phi) is 4.83. The van der Waals surface area contributed by atoms with Crippen molar-refractivity contribution in [2.75, 3.05) is 19.7 Å². The van der Waals surface area contributed by atoms with Gasteiger partial charge in [0.25, 0.3) is 5.91 Å². The van der Waals surface area contributed by atoms with Crippen LogP contribution in [0.1, 0.15) is 33.1 Å². The molecule has 1 amide bonds. The third kappa shape index (κ3) is 4.39. The molecule has 1 saturated heterocycles. The quantitative estimate of drug-likeness (QED) is 0.797. The van der Waals surface area contributed by atoms with Crippen LogP contribution < -0.4 is 4.74 Å². The van der Waals surface area contributed by atoms with E-state index in [1.54, 1.807) is 24.3 Å². The zero-order valence-corrected chi connectivity index (χ0v) is 14.5. The third-order valence-corrected chi connectivity index (χ3v) is 4.65. The van der Waals surface area contributed by atoms with Gasteiger partial charge in [-0.15, -0.1) is 0 Å². The maximum atomic E-state index is 12.8. The summed E-state index contributed by atoms with van der Waals surface area (Å²) >= 11 is 5.88. The third-order valence-electron chi connectivity index (χ3n) is 4.40. The zero-order chi connectivity index (χ0) is 16.4. The van der Waals surface area contributed by atoms with E-state index in [1.807, 2.05) is 18.7 Å². The highest BCUT2D eigenvalue weighted by molar-refractivity contribution is 6.30. The van der Waals surface area contributed by atoms with Crippen LogP contribution in [-0.2, 0) is 9.53 Å². The van der Waals surface area contributed by atoms with Gasteiger partial charge >= 0.3 is 0 Å². The van der Waals surface area contributed by atoms with Gasteiger partial charge < -0.3 is 14.4 Å². The Bertz CT molecular complexity index is 554. The van der Waals surface area contributed by atoms with Crippen LogP contribution in [0.4, 0.5) is 0 Å². The van der Waals surface area contributed by atoms with Crippen molar-refractivity contribution in [2.45, 2.75) is 44.8 Å². The van der Waals surface area contributed by atoms with Gasteiger partial charge in [-0.3, -0.25) is 4.79 Å². The molecule has 2 aliphatic rings. The molecule has 0 spiro atoms. The Morgan fingerprint density at radius 1 is 1.26 bits per heavy atom. The highest BCUT2D eigenvalue weighted by atomic mass is 35.5. The van der Waals surface area contributed by atoms with Gasteiger partial charge in [-0.05, 0) is 63.3 Å². The minimum atomic E-state index is -0.904. The van der Waals surface area contributed by atoms with E-state index in [9.17, 15) is 4.79 Å². The molecule has 1 aliphatic heterocycles. The first-order chi connectivity index (χ1) is 10.9. The number of ether oxygens (including phenoxy) is 2. The number of hydrogen-bond acceptors (Lipinski definition) is 3. The standard InChI is InChI=1S/C18H24ClNO3/c1-18(2,23-15-7-5-14(19)6-8-15)17(21)20-10-9-16(11-20)22-12-13-3-4-13/h5-8,13,16H,3-4,9-12H2,1-2H3. The van der Waals surface area contributed by atoms with Gasteiger partial charge in [0.15, 0.2) is 5.60 Å². The summed E-state index contributed by atoms with van der Waals surface area (Å²) < 4.78 is 11.8. The molecule has 0 bridgehead atoms. The second kappa shape index (κ2) is 6.70. The molecule has 4 nitrogen and oxygen atoms in total. The van der Waals surface area contributed by atoms with Crippen LogP contribution in [0.5, 0.6) is 5.75 Å². The van der Waals surface area contributed by atoms with Crippen molar-refractivity contribution in [2.24, 2.45) is 5.92 Å². The topological polar surface area (TPSA) is 38.8 Å². The smallest absolute Gasteiger partial charge is 0.266 e. The second-order valence-corrected chi connectivity index (χ2v) is 7.44. The molecule has 0 radical (unpaired) electrons. The van der Waals surface area contributed by atoms with Crippen LogP contribution in [0.2, 0.25) is 5.02 Å². The predicted octanol–water partition coefficient (Wildman–Crippen LogP) is 3.52. The van der Waals surface area contributed by atoms with Crippen LogP contribution in [0, 0.1) is 5.92 Å². The summed E-state index contributed by atoms with van der Waals surface area (Å²) in [6, 6.07) is 7.08. The maximum absolute atomic E-state index is 12.8. The van der Waals surface area contributed by atoms with Crippen LogP contribution in [0.3, 0.4) is 0 Å². The highest BCUT2D eigenvalue weighted by Gasteiger charge is 2.38. The van der Waals surface area contributed by atoms with E-state index in [0.717, 1.165) is 25.5 Å². The number of rotatable bonds is 6. The van der Waals surface area contributed by atoms with Crippen molar-refractivity contribution in [1.82, 2.24) is 4.90 Å². The second-order valence-electron chi connectivity index (χ2n) is 7.00. The lowest BCUT2D eigenvalue weighted by Crippen LogP contribution is -2.48. The Labute approximate surface area is 142 Å². The number of carbonyl (C=O) groups excluding carboxylic acids is 1. The van der Waals surface area contributed by atoms with Gasteiger partial charge in [0.05, 0.1) is 6.10 Å². The van der Waals surface area contributed by atoms with Crippen LogP contribution in [0.25, 0.3) is 0 Å². The van der Waals surface area contributed by atoms with E-state index in [-0.39, 0.29) is 12.0 Å². The monoisotopic (exact) mass is 337 g/mol. The number of hydrogen-bond donors (Lipinski definition) is 0. The molecular formula is C18H24ClNO3. The normalized spacial score (nSPS) is 21.5. The number of amides is 1. The molecule has 1 heterocycles. The van der Waals surface area contributed by atoms with E-state index < -0.39 is 5.60 Å². The molecule has 3 rings (SSSR count). The first-order valence-electron chi connectivity index (χ1n) is 8.29. The fraction of sp³-hybridized carbons (Fsp3) is 0.611. The summed E-state index contributed by atoms with van der Waals surface area (Å²) in [4.78, 5) is 14.6. The lowest BCUT2D eigenvalue weighted by Gasteiger charge is -2.30. The molecular weight excluding hydrogens is 314 g/mol. The van der Waals surface area contributed by atoms with Crippen LogP contribution >= 0.6 is 11.6 Å². The largest absolute Gasteiger partial charge is 0.478 e. The lowest BCUT2D eigenvalue weighted by molar-refractivity contribution is -0.144. The molecule has 0 aromatic heterocycles. The maximum Gasteiger partial charge on any atom is 0.266 e. The highest BCUT2D eigenvalue weighted by Crippen LogP contribution is 2.30. The van der Waals surface area contributed by atoms with E-state index >= 15 is 0 Å². The van der Waals surface area contributed by atoms with Crippen molar-refractivity contribution in [1.29, 1.82) is 0 Å². The van der Waals surface area contributed by atoms with E-state index in [1.165, 1.54) is 12.8 Å². The number of carbonyl (C=O) groups is 1. The molecule has 1 aliphatic carbocycles. The van der Waals surface area contributed by atoms with Gasteiger partial charge in [0.1, 0.15) is 5.75 Å². The van der Waals surface area contributed by atoms with Crippen LogP contribution in [0.15, 0.2) is 24.3 Å². The molecule has 2 fully saturated rings. The van der Waals surface area contributed by atoms with Crippen molar-refractivity contribution < 1.29 is 14.3 Å². The fourth-order valence-electron chi connectivity index (χ4n) is 2.83. The number of benzene rings is 1. The summed E-state index contributed by atoms with van der Waals surface area (Å²) in [5.41, 5.74) is -0.904. The summed E-state index contributed by atoms with van der Waals surface area (Å²) in [6.07, 6.45) is 3.66. The molecule has 0 N–H and O–H groups in total.